The van der Waals surface area contributed by atoms with E-state index in [1.165, 1.54) is 0 Å². The second-order valence-corrected chi connectivity index (χ2v) is 3.45. The van der Waals surface area contributed by atoms with Crippen LogP contribution in [0.25, 0.3) is 0 Å². The number of methoxy groups -OCH3 is 1. The molecule has 0 aromatic heterocycles. The first-order chi connectivity index (χ1) is 4.16. The van der Waals surface area contributed by atoms with Crippen LogP contribution in [0, 0.1) is 0 Å². The molecule has 0 aromatic carbocycles. The summed E-state index contributed by atoms with van der Waals surface area (Å²) in [6, 6.07) is 0. The maximum atomic E-state index is 4.99. The highest BCUT2D eigenvalue weighted by atomic mass is 79.9. The number of allylic oxidation sites excluding steroid dienone is 1. The van der Waals surface area contributed by atoms with Gasteiger partial charge in [0, 0.05) is 11.9 Å². The normalized spacial score (nSPS) is 18.2. The topological polar surface area (TPSA) is 9.23 Å². The van der Waals surface area contributed by atoms with E-state index in [0.717, 1.165) is 0 Å². The van der Waals surface area contributed by atoms with Gasteiger partial charge in [-0.2, -0.15) is 0 Å². The first-order valence-electron chi connectivity index (χ1n) is 3.02. The Labute approximate surface area is 65.2 Å². The van der Waals surface area contributed by atoms with Crippen molar-refractivity contribution in [1.82, 2.24) is 0 Å². The fourth-order valence-corrected chi connectivity index (χ4v) is 0.564. The van der Waals surface area contributed by atoms with Gasteiger partial charge in [-0.15, -0.1) is 0 Å². The molecule has 54 valence electrons. The second-order valence-electron chi connectivity index (χ2n) is 2.00. The van der Waals surface area contributed by atoms with Crippen LogP contribution in [-0.4, -0.2) is 18.0 Å². The zero-order chi connectivity index (χ0) is 7.28. The Morgan fingerprint density at radius 3 is 2.22 bits per heavy atom. The van der Waals surface area contributed by atoms with Crippen molar-refractivity contribution in [2.24, 2.45) is 0 Å². The monoisotopic (exact) mass is 192 g/mol. The van der Waals surface area contributed by atoms with Crippen LogP contribution in [-0.2, 0) is 4.74 Å². The lowest BCUT2D eigenvalue weighted by Crippen LogP contribution is -1.99. The fraction of sp³-hybridized carbons (Fsp3) is 0.714. The summed E-state index contributed by atoms with van der Waals surface area (Å²) in [6.45, 7) is 4.07. The van der Waals surface area contributed by atoms with Crippen LogP contribution in [0.1, 0.15) is 13.8 Å². The van der Waals surface area contributed by atoms with Gasteiger partial charge in [-0.1, -0.05) is 28.1 Å². The van der Waals surface area contributed by atoms with Crippen LogP contribution < -0.4 is 0 Å². The quantitative estimate of drug-likeness (QED) is 0.493. The molecule has 0 aliphatic heterocycles. The minimum absolute atomic E-state index is 0.227. The van der Waals surface area contributed by atoms with Crippen LogP contribution in [0.5, 0.6) is 0 Å². The predicted octanol–water partition coefficient (Wildman–Crippen LogP) is 2.36. The van der Waals surface area contributed by atoms with E-state index in [-0.39, 0.29) is 6.10 Å². The van der Waals surface area contributed by atoms with Crippen molar-refractivity contribution in [2.75, 3.05) is 7.11 Å². The minimum atomic E-state index is 0.227. The van der Waals surface area contributed by atoms with Gasteiger partial charge in [0.05, 0.1) is 6.10 Å². The van der Waals surface area contributed by atoms with Crippen molar-refractivity contribution in [3.8, 4) is 0 Å². The molecule has 0 spiro atoms. The standard InChI is InChI=1S/C7H13BrO/c1-6(8)4-5-7(2)9-3/h4-7H,1-3H3/b5-4+. The van der Waals surface area contributed by atoms with Crippen molar-refractivity contribution in [1.29, 1.82) is 0 Å². The molecule has 0 saturated heterocycles. The summed E-state index contributed by atoms with van der Waals surface area (Å²) in [4.78, 5) is 0.440. The lowest BCUT2D eigenvalue weighted by molar-refractivity contribution is 0.156. The third-order valence-electron chi connectivity index (χ3n) is 1.02. The lowest BCUT2D eigenvalue weighted by atomic mass is 10.3. The van der Waals surface area contributed by atoms with Crippen molar-refractivity contribution in [2.45, 2.75) is 24.8 Å². The summed E-state index contributed by atoms with van der Waals surface area (Å²) in [5.41, 5.74) is 0. The van der Waals surface area contributed by atoms with E-state index in [2.05, 4.69) is 28.9 Å². The minimum Gasteiger partial charge on any atom is -0.378 e. The molecule has 1 nitrogen and oxygen atoms in total. The van der Waals surface area contributed by atoms with Gasteiger partial charge in [0.25, 0.3) is 0 Å². The maximum Gasteiger partial charge on any atom is 0.0724 e. The molecule has 0 rings (SSSR count). The molecule has 2 atom stereocenters. The molecule has 0 heterocycles. The van der Waals surface area contributed by atoms with Crippen LogP contribution in [0.2, 0.25) is 0 Å². The van der Waals surface area contributed by atoms with Crippen molar-refractivity contribution in [3.05, 3.63) is 12.2 Å². The molecular formula is C7H13BrO. The zero-order valence-corrected chi connectivity index (χ0v) is 7.68. The molecule has 0 amide bonds. The van der Waals surface area contributed by atoms with Gasteiger partial charge in [-0.25, -0.2) is 0 Å². The Kier molecular flexibility index (Phi) is 5.10. The van der Waals surface area contributed by atoms with Gasteiger partial charge >= 0.3 is 0 Å². The number of alkyl halides is 1. The Morgan fingerprint density at radius 1 is 1.33 bits per heavy atom. The van der Waals surface area contributed by atoms with Crippen molar-refractivity contribution < 1.29 is 4.74 Å². The number of ether oxygens (including phenoxy) is 1. The number of rotatable bonds is 3. The summed E-state index contributed by atoms with van der Waals surface area (Å²) in [6.07, 6.45) is 4.32. The first kappa shape index (κ1) is 9.18. The third kappa shape index (κ3) is 6.06. The highest BCUT2D eigenvalue weighted by Crippen LogP contribution is 2.00. The van der Waals surface area contributed by atoms with Crippen molar-refractivity contribution >= 4 is 15.9 Å². The van der Waals surface area contributed by atoms with E-state index < -0.39 is 0 Å². The van der Waals surface area contributed by atoms with Gasteiger partial charge < -0.3 is 4.74 Å². The molecular weight excluding hydrogens is 180 g/mol. The van der Waals surface area contributed by atoms with E-state index in [9.17, 15) is 0 Å². The second kappa shape index (κ2) is 5.00. The van der Waals surface area contributed by atoms with Gasteiger partial charge in [-0.3, -0.25) is 0 Å². The molecule has 0 aliphatic carbocycles. The summed E-state index contributed by atoms with van der Waals surface area (Å²) < 4.78 is 4.99. The Hall–Kier alpha value is 0.180. The molecule has 9 heavy (non-hydrogen) atoms. The van der Waals surface area contributed by atoms with Crippen LogP contribution in [0.4, 0.5) is 0 Å². The zero-order valence-electron chi connectivity index (χ0n) is 6.10. The average molecular weight is 193 g/mol. The average Bonchev–Trinajstić information content (AvgIpc) is 1.83. The summed E-state index contributed by atoms with van der Waals surface area (Å²) >= 11 is 3.39. The van der Waals surface area contributed by atoms with E-state index in [0.29, 0.717) is 4.83 Å². The molecule has 0 bridgehead atoms. The maximum absolute atomic E-state index is 4.99. The highest BCUT2D eigenvalue weighted by Gasteiger charge is 1.91. The summed E-state index contributed by atoms with van der Waals surface area (Å²) in [7, 11) is 1.70. The van der Waals surface area contributed by atoms with Gasteiger partial charge in [0.15, 0.2) is 0 Å². The molecule has 2 heteroatoms. The van der Waals surface area contributed by atoms with Crippen LogP contribution in [0.3, 0.4) is 0 Å². The number of hydrogen-bond donors (Lipinski definition) is 0. The third-order valence-corrected chi connectivity index (χ3v) is 1.32. The number of halogens is 1. The van der Waals surface area contributed by atoms with Crippen LogP contribution >= 0.6 is 15.9 Å². The molecule has 0 fully saturated rings. The van der Waals surface area contributed by atoms with Gasteiger partial charge in [0.1, 0.15) is 0 Å². The first-order valence-corrected chi connectivity index (χ1v) is 3.93. The fourth-order valence-electron chi connectivity index (χ4n) is 0.388. The van der Waals surface area contributed by atoms with Crippen LogP contribution in [0.15, 0.2) is 12.2 Å². The summed E-state index contributed by atoms with van der Waals surface area (Å²) in [5.74, 6) is 0. The SMILES string of the molecule is COC(C)/C=C/C(C)Br. The Balaban J connectivity index is 3.43. The van der Waals surface area contributed by atoms with Gasteiger partial charge in [0.2, 0.25) is 0 Å². The molecule has 2 unspecified atom stereocenters. The van der Waals surface area contributed by atoms with Gasteiger partial charge in [-0.05, 0) is 13.8 Å². The molecule has 0 N–H and O–H groups in total. The lowest BCUT2D eigenvalue weighted by Gasteiger charge is -2.01. The largest absolute Gasteiger partial charge is 0.378 e. The Morgan fingerprint density at radius 2 is 1.89 bits per heavy atom. The number of hydrogen-bond acceptors (Lipinski definition) is 1. The smallest absolute Gasteiger partial charge is 0.0724 e. The molecule has 0 radical (unpaired) electrons. The molecule has 0 aliphatic rings. The summed E-state index contributed by atoms with van der Waals surface area (Å²) in [5, 5.41) is 0. The van der Waals surface area contributed by atoms with E-state index in [4.69, 9.17) is 4.74 Å². The molecule has 0 saturated carbocycles. The molecule has 0 aromatic rings. The highest BCUT2D eigenvalue weighted by molar-refractivity contribution is 9.09. The predicted molar refractivity (Wildman–Crippen MR) is 44.0 cm³/mol. The van der Waals surface area contributed by atoms with Crippen molar-refractivity contribution in [3.63, 3.8) is 0 Å². The Bertz CT molecular complexity index is 88.9. The van der Waals surface area contributed by atoms with E-state index in [1.807, 2.05) is 13.0 Å². The van der Waals surface area contributed by atoms with E-state index >= 15 is 0 Å². The van der Waals surface area contributed by atoms with E-state index in [1.54, 1.807) is 7.11 Å².